The van der Waals surface area contributed by atoms with Gasteiger partial charge in [0, 0.05) is 24.2 Å². The van der Waals surface area contributed by atoms with Crippen molar-refractivity contribution < 1.29 is 9.90 Å². The van der Waals surface area contributed by atoms with Crippen molar-refractivity contribution in [2.45, 2.75) is 31.5 Å². The topological polar surface area (TPSA) is 98.3 Å². The van der Waals surface area contributed by atoms with Crippen LogP contribution in [0.15, 0.2) is 35.1 Å². The third-order valence-corrected chi connectivity index (χ3v) is 4.84. The predicted molar refractivity (Wildman–Crippen MR) is 91.8 cm³/mol. The van der Waals surface area contributed by atoms with Gasteiger partial charge < -0.3 is 20.3 Å². The van der Waals surface area contributed by atoms with E-state index in [4.69, 9.17) is 0 Å². The van der Waals surface area contributed by atoms with Crippen LogP contribution in [0.5, 0.6) is 0 Å². The van der Waals surface area contributed by atoms with Crippen molar-refractivity contribution in [2.24, 2.45) is 0 Å². The van der Waals surface area contributed by atoms with Gasteiger partial charge in [0.25, 0.3) is 5.56 Å². The van der Waals surface area contributed by atoms with Crippen molar-refractivity contribution in [2.75, 3.05) is 13.1 Å². The molecule has 0 unspecified atom stereocenters. The molecule has 130 valence electrons. The maximum atomic E-state index is 12.6. The smallest absolute Gasteiger partial charge is 0.254 e. The number of amides is 1. The first-order valence-corrected chi connectivity index (χ1v) is 8.49. The summed E-state index contributed by atoms with van der Waals surface area (Å²) in [7, 11) is 0. The lowest BCUT2D eigenvalue weighted by Gasteiger charge is -2.30. The van der Waals surface area contributed by atoms with Gasteiger partial charge in [0.05, 0.1) is 24.4 Å². The number of hydrogen-bond donors (Lipinski definition) is 3. The van der Waals surface area contributed by atoms with Crippen molar-refractivity contribution in [1.82, 2.24) is 20.2 Å². The highest BCUT2D eigenvalue weighted by atomic mass is 16.3. The van der Waals surface area contributed by atoms with Crippen LogP contribution in [0.25, 0.3) is 11.4 Å². The van der Waals surface area contributed by atoms with Crippen molar-refractivity contribution in [1.29, 1.82) is 0 Å². The van der Waals surface area contributed by atoms with E-state index in [9.17, 15) is 14.7 Å². The lowest BCUT2D eigenvalue weighted by Crippen LogP contribution is -2.46. The van der Waals surface area contributed by atoms with Gasteiger partial charge in [-0.05, 0) is 12.8 Å². The fourth-order valence-corrected chi connectivity index (χ4v) is 3.49. The molecule has 25 heavy (non-hydrogen) atoms. The van der Waals surface area contributed by atoms with E-state index in [0.29, 0.717) is 49.6 Å². The zero-order valence-electron chi connectivity index (χ0n) is 13.7. The average molecular weight is 340 g/mol. The summed E-state index contributed by atoms with van der Waals surface area (Å²) in [5.74, 6) is 0.485. The number of hydrogen-bond acceptors (Lipinski definition) is 5. The first kappa shape index (κ1) is 16.0. The maximum Gasteiger partial charge on any atom is 0.254 e. The summed E-state index contributed by atoms with van der Waals surface area (Å²) in [5, 5.41) is 12.7. The summed E-state index contributed by atoms with van der Waals surface area (Å²) >= 11 is 0. The highest BCUT2D eigenvalue weighted by Gasteiger charge is 2.33. The molecule has 2 aromatic rings. The van der Waals surface area contributed by atoms with Crippen LogP contribution in [-0.2, 0) is 17.8 Å². The monoisotopic (exact) mass is 340 g/mol. The van der Waals surface area contributed by atoms with Crippen LogP contribution in [0, 0.1) is 0 Å². The number of H-pyrrole nitrogens is 1. The van der Waals surface area contributed by atoms with Crippen LogP contribution in [0.1, 0.15) is 17.7 Å². The minimum absolute atomic E-state index is 0.0365. The van der Waals surface area contributed by atoms with Gasteiger partial charge in [-0.3, -0.25) is 9.59 Å². The summed E-state index contributed by atoms with van der Waals surface area (Å²) in [5.41, 5.74) is 2.01. The van der Waals surface area contributed by atoms with Gasteiger partial charge >= 0.3 is 0 Å². The van der Waals surface area contributed by atoms with E-state index in [1.54, 1.807) is 4.90 Å². The molecule has 2 atom stereocenters. The highest BCUT2D eigenvalue weighted by Crippen LogP contribution is 2.20. The number of benzene rings is 1. The number of β-amino-alcohol motifs (C(OH)–C–C–N with tert-alkyl or cyclic N) is 1. The van der Waals surface area contributed by atoms with Gasteiger partial charge in [-0.1, -0.05) is 30.3 Å². The van der Waals surface area contributed by atoms with Crippen molar-refractivity contribution in [3.8, 4) is 11.4 Å². The Morgan fingerprint density at radius 1 is 1.28 bits per heavy atom. The summed E-state index contributed by atoms with van der Waals surface area (Å²) in [6, 6.07) is 9.11. The minimum atomic E-state index is -0.475. The van der Waals surface area contributed by atoms with Crippen LogP contribution < -0.4 is 10.9 Å². The number of aromatic nitrogens is 2. The molecule has 3 N–H and O–H groups in total. The summed E-state index contributed by atoms with van der Waals surface area (Å²) in [6.45, 7) is 1.26. The Morgan fingerprint density at radius 2 is 2.08 bits per heavy atom. The van der Waals surface area contributed by atoms with Crippen LogP contribution in [0.3, 0.4) is 0 Å². The number of aliphatic hydroxyl groups is 1. The van der Waals surface area contributed by atoms with Gasteiger partial charge in [0.1, 0.15) is 5.82 Å². The zero-order chi connectivity index (χ0) is 17.4. The zero-order valence-corrected chi connectivity index (χ0v) is 13.7. The molecule has 7 heteroatoms. The van der Waals surface area contributed by atoms with Crippen LogP contribution >= 0.6 is 0 Å². The van der Waals surface area contributed by atoms with Gasteiger partial charge in [-0.15, -0.1) is 0 Å². The fourth-order valence-electron chi connectivity index (χ4n) is 3.49. The molecular weight excluding hydrogens is 320 g/mol. The quantitative estimate of drug-likeness (QED) is 0.717. The SMILES string of the molecule is O=C([C@@H]1C[C@@H](O)CN1)N1CCc2c(nc(-c3ccccc3)[nH]c2=O)C1. The molecule has 0 saturated carbocycles. The summed E-state index contributed by atoms with van der Waals surface area (Å²) in [6.07, 6.45) is 0.449. The van der Waals surface area contributed by atoms with E-state index in [1.807, 2.05) is 30.3 Å². The Kier molecular flexibility index (Phi) is 4.10. The minimum Gasteiger partial charge on any atom is -0.392 e. The van der Waals surface area contributed by atoms with E-state index >= 15 is 0 Å². The van der Waals surface area contributed by atoms with Crippen LogP contribution in [-0.4, -0.2) is 51.1 Å². The molecule has 1 aromatic heterocycles. The Morgan fingerprint density at radius 3 is 2.80 bits per heavy atom. The number of carbonyl (C=O) groups excluding carboxylic acids is 1. The maximum absolute atomic E-state index is 12.6. The van der Waals surface area contributed by atoms with Crippen LogP contribution in [0.2, 0.25) is 0 Å². The molecule has 1 aromatic carbocycles. The third kappa shape index (κ3) is 3.08. The Balaban J connectivity index is 1.61. The Labute approximate surface area is 144 Å². The van der Waals surface area contributed by atoms with E-state index in [2.05, 4.69) is 15.3 Å². The predicted octanol–water partition coefficient (Wildman–Crippen LogP) is 0.0444. The molecule has 2 aliphatic rings. The Bertz CT molecular complexity index is 849. The molecule has 2 aliphatic heterocycles. The second-order valence-corrected chi connectivity index (χ2v) is 6.57. The molecule has 0 spiro atoms. The lowest BCUT2D eigenvalue weighted by atomic mass is 10.0. The summed E-state index contributed by atoms with van der Waals surface area (Å²) < 4.78 is 0. The van der Waals surface area contributed by atoms with E-state index in [1.165, 1.54) is 0 Å². The summed E-state index contributed by atoms with van der Waals surface area (Å²) in [4.78, 5) is 34.2. The fraction of sp³-hybridized carbons (Fsp3) is 0.389. The number of nitrogens with one attached hydrogen (secondary N) is 2. The molecule has 4 rings (SSSR count). The molecule has 1 saturated heterocycles. The number of rotatable bonds is 2. The molecule has 0 aliphatic carbocycles. The van der Waals surface area contributed by atoms with Crippen molar-refractivity contribution in [3.05, 3.63) is 51.9 Å². The second kappa shape index (κ2) is 6.42. The first-order valence-electron chi connectivity index (χ1n) is 8.49. The highest BCUT2D eigenvalue weighted by molar-refractivity contribution is 5.82. The average Bonchev–Trinajstić information content (AvgIpc) is 3.07. The lowest BCUT2D eigenvalue weighted by molar-refractivity contribution is -0.134. The molecule has 0 radical (unpaired) electrons. The number of aromatic amines is 1. The van der Waals surface area contributed by atoms with E-state index < -0.39 is 6.10 Å². The van der Waals surface area contributed by atoms with Crippen molar-refractivity contribution in [3.63, 3.8) is 0 Å². The van der Waals surface area contributed by atoms with Crippen molar-refractivity contribution >= 4 is 5.91 Å². The van der Waals surface area contributed by atoms with Gasteiger partial charge in [0.15, 0.2) is 0 Å². The molecule has 7 nitrogen and oxygen atoms in total. The standard InChI is InChI=1S/C18H20N4O3/c23-12-8-14(19-9-12)18(25)22-7-6-13-15(10-22)20-16(21-17(13)24)11-4-2-1-3-5-11/h1-5,12,14,19,23H,6-10H2,(H,20,21,24)/t12-,14+/m1/s1. The molecule has 3 heterocycles. The molecular formula is C18H20N4O3. The third-order valence-electron chi connectivity index (χ3n) is 4.84. The number of aliphatic hydroxyl groups excluding tert-OH is 1. The first-order chi connectivity index (χ1) is 12.1. The second-order valence-electron chi connectivity index (χ2n) is 6.57. The van der Waals surface area contributed by atoms with Gasteiger partial charge in [0.2, 0.25) is 5.91 Å². The normalized spacial score (nSPS) is 22.7. The number of fused-ring (bicyclic) bond motifs is 1. The Hall–Kier alpha value is -2.51. The molecule has 1 amide bonds. The number of nitrogens with zero attached hydrogens (tertiary/aromatic N) is 2. The number of carbonyl (C=O) groups is 1. The van der Waals surface area contributed by atoms with E-state index in [0.717, 1.165) is 5.56 Å². The van der Waals surface area contributed by atoms with E-state index in [-0.39, 0.29) is 17.5 Å². The largest absolute Gasteiger partial charge is 0.392 e. The van der Waals surface area contributed by atoms with Gasteiger partial charge in [-0.25, -0.2) is 4.98 Å². The molecule has 0 bridgehead atoms. The van der Waals surface area contributed by atoms with Crippen LogP contribution in [0.4, 0.5) is 0 Å². The van der Waals surface area contributed by atoms with Gasteiger partial charge in [-0.2, -0.15) is 0 Å². The molecule has 1 fully saturated rings.